The van der Waals surface area contributed by atoms with E-state index in [-0.39, 0.29) is 0 Å². The maximum atomic E-state index is 10.1. The van der Waals surface area contributed by atoms with E-state index in [1.807, 2.05) is 36.4 Å². The lowest BCUT2D eigenvalue weighted by Crippen LogP contribution is -1.94. The van der Waals surface area contributed by atoms with Gasteiger partial charge in [-0.2, -0.15) is 10.5 Å². The number of para-hydroxylation sites is 4. The van der Waals surface area contributed by atoms with Gasteiger partial charge in [-0.15, -0.1) is 11.3 Å². The Morgan fingerprint density at radius 3 is 1.19 bits per heavy atom. The third-order valence-electron chi connectivity index (χ3n) is 12.5. The molecule has 0 fully saturated rings. The van der Waals surface area contributed by atoms with Crippen LogP contribution < -0.4 is 0 Å². The second-order valence-corrected chi connectivity index (χ2v) is 17.0. The first-order valence-electron chi connectivity index (χ1n) is 20.8. The second-order valence-electron chi connectivity index (χ2n) is 16.0. The highest BCUT2D eigenvalue weighted by Gasteiger charge is 2.24. The van der Waals surface area contributed by atoms with Crippen LogP contribution in [0.4, 0.5) is 0 Å². The van der Waals surface area contributed by atoms with Crippen LogP contribution in [0.25, 0.3) is 119 Å². The molecule has 13 aromatic rings. The van der Waals surface area contributed by atoms with Gasteiger partial charge in [0.05, 0.1) is 66.1 Å². The molecule has 9 aromatic carbocycles. The lowest BCUT2D eigenvalue weighted by Gasteiger charge is -2.11. The molecule has 290 valence electrons. The van der Waals surface area contributed by atoms with Crippen LogP contribution in [0.5, 0.6) is 0 Å². The van der Waals surface area contributed by atoms with Crippen LogP contribution in [0.2, 0.25) is 0 Å². The van der Waals surface area contributed by atoms with Crippen LogP contribution in [-0.2, 0) is 0 Å². The molecule has 0 atom stereocenters. The van der Waals surface area contributed by atoms with E-state index in [4.69, 9.17) is 9.97 Å². The first-order chi connectivity index (χ1) is 31.1. The fraction of sp³-hybridized carbons (Fsp3) is 0. The number of nitriles is 2. The number of aromatic nitrogens is 4. The number of hydrogen-bond acceptors (Lipinski definition) is 5. The summed E-state index contributed by atoms with van der Waals surface area (Å²) in [5, 5.41) is 28.5. The van der Waals surface area contributed by atoms with E-state index in [0.717, 1.165) is 86.9 Å². The van der Waals surface area contributed by atoms with Crippen LogP contribution in [0.3, 0.4) is 0 Å². The molecular formula is C56H30N6S. The maximum Gasteiger partial charge on any atom is 0.109 e. The molecule has 0 radical (unpaired) electrons. The van der Waals surface area contributed by atoms with Crippen molar-refractivity contribution in [1.82, 2.24) is 19.1 Å². The number of benzene rings is 9. The Hall–Kier alpha value is -8.62. The van der Waals surface area contributed by atoms with Crippen LogP contribution >= 0.6 is 11.3 Å². The SMILES string of the molecule is N#Cc1ccc2c3ccc(C#N)cc3c3nc4c(-c5ccc6c7ccccc7n(-c7ccccc7)c6c5)sc(-c5ccc6c7ccccc7n(-c7ccccc7)c6c5)c4nc3c2c1. The van der Waals surface area contributed by atoms with Gasteiger partial charge < -0.3 is 9.13 Å². The average molecular weight is 819 g/mol. The Balaban J connectivity index is 1.16. The molecule has 0 spiro atoms. The largest absolute Gasteiger partial charge is 0.309 e. The molecule has 0 unspecified atom stereocenters. The molecule has 0 aliphatic heterocycles. The monoisotopic (exact) mass is 818 g/mol. The molecule has 0 aliphatic carbocycles. The molecule has 0 saturated heterocycles. The van der Waals surface area contributed by atoms with E-state index in [9.17, 15) is 10.5 Å². The molecule has 0 N–H and O–H groups in total. The molecule has 0 saturated carbocycles. The minimum Gasteiger partial charge on any atom is -0.309 e. The van der Waals surface area contributed by atoms with E-state index in [1.165, 1.54) is 21.5 Å². The molecule has 6 nitrogen and oxygen atoms in total. The topological polar surface area (TPSA) is 83.2 Å². The van der Waals surface area contributed by atoms with Crippen LogP contribution in [-0.4, -0.2) is 19.1 Å². The van der Waals surface area contributed by atoms with E-state index in [2.05, 4.69) is 167 Å². The summed E-state index contributed by atoms with van der Waals surface area (Å²) >= 11 is 1.70. The van der Waals surface area contributed by atoms with Crippen molar-refractivity contribution >= 4 is 98.6 Å². The summed E-state index contributed by atoms with van der Waals surface area (Å²) in [5.74, 6) is 0. The van der Waals surface area contributed by atoms with Gasteiger partial charge in [0.15, 0.2) is 0 Å². The van der Waals surface area contributed by atoms with Gasteiger partial charge in [-0.1, -0.05) is 109 Å². The molecule has 13 rings (SSSR count). The van der Waals surface area contributed by atoms with Crippen molar-refractivity contribution in [1.29, 1.82) is 10.5 Å². The van der Waals surface area contributed by atoms with Gasteiger partial charge in [0.25, 0.3) is 0 Å². The first kappa shape index (κ1) is 35.2. The predicted octanol–water partition coefficient (Wildman–Crippen LogP) is 14.4. The Labute approximate surface area is 364 Å². The molecule has 0 aliphatic rings. The molecule has 7 heteroatoms. The summed E-state index contributed by atoms with van der Waals surface area (Å²) in [6.07, 6.45) is 0. The fourth-order valence-electron chi connectivity index (χ4n) is 9.74. The summed E-state index contributed by atoms with van der Waals surface area (Å²) in [6, 6.07) is 67.9. The maximum absolute atomic E-state index is 10.1. The standard InChI is InChI=1S/C56H30N6S/c57-31-33-19-23-39-40-24-20-34(32-58)28-46(40)52-51(45(39)27-33)59-53-54(60-52)56(36-22-26-44-42-16-8-10-18-48(42)62(50(44)30-36)38-13-5-2-6-14-38)63-55(53)35-21-25-43-41-15-7-9-17-47(41)61(49(43)29-35)37-11-3-1-4-12-37/h1-30H. The van der Waals surface area contributed by atoms with Crippen LogP contribution in [0, 0.1) is 22.7 Å². The highest BCUT2D eigenvalue weighted by molar-refractivity contribution is 7.20. The van der Waals surface area contributed by atoms with Gasteiger partial charge in [-0.25, -0.2) is 9.97 Å². The number of nitrogens with zero attached hydrogens (tertiary/aromatic N) is 6. The van der Waals surface area contributed by atoms with Crippen molar-refractivity contribution in [3.63, 3.8) is 0 Å². The first-order valence-corrected chi connectivity index (χ1v) is 21.6. The van der Waals surface area contributed by atoms with Gasteiger partial charge in [-0.05, 0) is 94.7 Å². The summed E-state index contributed by atoms with van der Waals surface area (Å²) < 4.78 is 4.69. The van der Waals surface area contributed by atoms with Crippen molar-refractivity contribution in [3.05, 3.63) is 193 Å². The minimum absolute atomic E-state index is 0.547. The fourth-order valence-corrected chi connectivity index (χ4v) is 10.9. The average Bonchev–Trinajstić information content (AvgIpc) is 4.01. The number of fused-ring (bicyclic) bond motifs is 13. The quantitative estimate of drug-likeness (QED) is 0.166. The zero-order chi connectivity index (χ0) is 41.8. The van der Waals surface area contributed by atoms with Gasteiger partial charge in [0, 0.05) is 43.7 Å². The summed E-state index contributed by atoms with van der Waals surface area (Å²) in [5.41, 5.74) is 12.8. The Kier molecular flexibility index (Phi) is 7.50. The van der Waals surface area contributed by atoms with Crippen molar-refractivity contribution in [2.24, 2.45) is 0 Å². The minimum atomic E-state index is 0.547. The van der Waals surface area contributed by atoms with Crippen molar-refractivity contribution in [2.45, 2.75) is 0 Å². The van der Waals surface area contributed by atoms with E-state index >= 15 is 0 Å². The number of hydrogen-bond donors (Lipinski definition) is 0. The van der Waals surface area contributed by atoms with Gasteiger partial charge in [0.1, 0.15) is 11.0 Å². The zero-order valence-electron chi connectivity index (χ0n) is 33.4. The van der Waals surface area contributed by atoms with Gasteiger partial charge >= 0.3 is 0 Å². The van der Waals surface area contributed by atoms with E-state index < -0.39 is 0 Å². The predicted molar refractivity (Wildman–Crippen MR) is 259 cm³/mol. The molecule has 63 heavy (non-hydrogen) atoms. The molecule has 0 bridgehead atoms. The third-order valence-corrected chi connectivity index (χ3v) is 13.8. The summed E-state index contributed by atoms with van der Waals surface area (Å²) in [7, 11) is 0. The number of rotatable bonds is 4. The normalized spacial score (nSPS) is 11.8. The Morgan fingerprint density at radius 1 is 0.349 bits per heavy atom. The second kappa shape index (κ2) is 13.4. The lowest BCUT2D eigenvalue weighted by molar-refractivity contribution is 1.18. The van der Waals surface area contributed by atoms with E-state index in [1.54, 1.807) is 11.3 Å². The van der Waals surface area contributed by atoms with E-state index in [0.29, 0.717) is 22.2 Å². The lowest BCUT2D eigenvalue weighted by atomic mass is 9.96. The van der Waals surface area contributed by atoms with Crippen LogP contribution in [0.1, 0.15) is 11.1 Å². The third kappa shape index (κ3) is 5.15. The summed E-state index contributed by atoms with van der Waals surface area (Å²) in [6.45, 7) is 0. The smallest absolute Gasteiger partial charge is 0.109 e. The van der Waals surface area contributed by atoms with Crippen molar-refractivity contribution < 1.29 is 0 Å². The Morgan fingerprint density at radius 2 is 0.746 bits per heavy atom. The van der Waals surface area contributed by atoms with Gasteiger partial charge in [0.2, 0.25) is 0 Å². The van der Waals surface area contributed by atoms with Crippen molar-refractivity contribution in [2.75, 3.05) is 0 Å². The zero-order valence-corrected chi connectivity index (χ0v) is 34.2. The molecule has 0 amide bonds. The van der Waals surface area contributed by atoms with Crippen molar-refractivity contribution in [3.8, 4) is 44.4 Å². The highest BCUT2D eigenvalue weighted by atomic mass is 32.1. The molecule has 4 heterocycles. The Bertz CT molecular complexity index is 3900. The molecular weight excluding hydrogens is 789 g/mol. The highest BCUT2D eigenvalue weighted by Crippen LogP contribution is 2.47. The summed E-state index contributed by atoms with van der Waals surface area (Å²) in [4.78, 5) is 13.2. The number of thiophene rings is 1. The van der Waals surface area contributed by atoms with Gasteiger partial charge in [-0.3, -0.25) is 0 Å². The molecule has 4 aromatic heterocycles. The van der Waals surface area contributed by atoms with Crippen LogP contribution in [0.15, 0.2) is 182 Å².